The molecule has 2 heterocycles. The van der Waals surface area contributed by atoms with Gasteiger partial charge in [0.2, 0.25) is 4.96 Å². The zero-order valence-electron chi connectivity index (χ0n) is 12.8. The van der Waals surface area contributed by atoms with E-state index in [0.29, 0.717) is 0 Å². The predicted octanol–water partition coefficient (Wildman–Crippen LogP) is 3.20. The molecule has 2 aromatic heterocycles. The molecule has 22 heavy (non-hydrogen) atoms. The number of benzene rings is 1. The van der Waals surface area contributed by atoms with Gasteiger partial charge in [0, 0.05) is 0 Å². The van der Waals surface area contributed by atoms with Crippen molar-refractivity contribution in [2.45, 2.75) is 20.4 Å². The monoisotopic (exact) mass is 313 g/mol. The molecule has 0 saturated heterocycles. The molecule has 0 unspecified atom stereocenters. The Bertz CT molecular complexity index is 755. The molecular weight excluding hydrogens is 294 g/mol. The molecule has 3 aromatic rings. The van der Waals surface area contributed by atoms with Gasteiger partial charge in [0.25, 0.3) is 0 Å². The molecule has 0 N–H and O–H groups in total. The molecule has 0 radical (unpaired) electrons. The Balaban J connectivity index is 1.81. The van der Waals surface area contributed by atoms with Crippen molar-refractivity contribution in [2.75, 3.05) is 13.1 Å². The van der Waals surface area contributed by atoms with Crippen LogP contribution in [-0.4, -0.2) is 37.8 Å². The van der Waals surface area contributed by atoms with E-state index in [4.69, 9.17) is 0 Å². The van der Waals surface area contributed by atoms with Gasteiger partial charge in [-0.2, -0.15) is 9.61 Å². The SMILES string of the molecule is CCN(CC)Cc1nnc2sc(/C=C/c3ccccc3)nn12. The van der Waals surface area contributed by atoms with Gasteiger partial charge in [-0.15, -0.1) is 10.2 Å². The first-order valence-electron chi connectivity index (χ1n) is 7.46. The Hall–Kier alpha value is -2.05. The summed E-state index contributed by atoms with van der Waals surface area (Å²) in [6.45, 7) is 7.07. The predicted molar refractivity (Wildman–Crippen MR) is 90.7 cm³/mol. The molecule has 0 aliphatic carbocycles. The van der Waals surface area contributed by atoms with E-state index in [1.54, 1.807) is 11.3 Å². The van der Waals surface area contributed by atoms with E-state index in [0.717, 1.165) is 41.0 Å². The standard InChI is InChI=1S/C16H19N5S/c1-3-20(4-2)12-14-17-18-16-21(14)19-15(22-16)11-10-13-8-6-5-7-9-13/h5-11H,3-4,12H2,1-2H3/b11-10+. The molecule has 1 aromatic carbocycles. The Morgan fingerprint density at radius 2 is 1.86 bits per heavy atom. The molecule has 3 rings (SSSR count). The fraction of sp³-hybridized carbons (Fsp3) is 0.312. The Kier molecular flexibility index (Phi) is 4.60. The van der Waals surface area contributed by atoms with Crippen molar-refractivity contribution in [1.29, 1.82) is 0 Å². The van der Waals surface area contributed by atoms with Gasteiger partial charge >= 0.3 is 0 Å². The summed E-state index contributed by atoms with van der Waals surface area (Å²) in [5.41, 5.74) is 1.16. The van der Waals surface area contributed by atoms with Crippen molar-refractivity contribution in [2.24, 2.45) is 0 Å². The maximum absolute atomic E-state index is 4.61. The van der Waals surface area contributed by atoms with Gasteiger partial charge in [0.05, 0.1) is 6.54 Å². The second-order valence-electron chi connectivity index (χ2n) is 4.96. The molecule has 0 aliphatic rings. The topological polar surface area (TPSA) is 46.3 Å². The van der Waals surface area contributed by atoms with Crippen LogP contribution in [-0.2, 0) is 6.54 Å². The molecule has 0 fully saturated rings. The van der Waals surface area contributed by atoms with E-state index in [-0.39, 0.29) is 0 Å². The minimum atomic E-state index is 0.778. The van der Waals surface area contributed by atoms with Crippen LogP contribution >= 0.6 is 11.3 Å². The largest absolute Gasteiger partial charge is 0.296 e. The van der Waals surface area contributed by atoms with Gasteiger partial charge in [0.1, 0.15) is 5.01 Å². The molecule has 0 bridgehead atoms. The Morgan fingerprint density at radius 1 is 1.09 bits per heavy atom. The summed E-state index contributed by atoms with van der Waals surface area (Å²) in [5, 5.41) is 14.0. The second-order valence-corrected chi connectivity index (χ2v) is 5.94. The van der Waals surface area contributed by atoms with Crippen molar-refractivity contribution < 1.29 is 0 Å². The third-order valence-corrected chi connectivity index (χ3v) is 4.41. The van der Waals surface area contributed by atoms with Gasteiger partial charge in [-0.1, -0.05) is 61.6 Å². The van der Waals surface area contributed by atoms with Gasteiger partial charge in [0.15, 0.2) is 5.82 Å². The summed E-state index contributed by atoms with van der Waals surface area (Å²) < 4.78 is 1.85. The smallest absolute Gasteiger partial charge is 0.235 e. The number of hydrogen-bond acceptors (Lipinski definition) is 5. The van der Waals surface area contributed by atoms with E-state index in [2.05, 4.69) is 52.3 Å². The zero-order valence-corrected chi connectivity index (χ0v) is 13.6. The highest BCUT2D eigenvalue weighted by Crippen LogP contribution is 2.17. The van der Waals surface area contributed by atoms with E-state index in [9.17, 15) is 0 Å². The molecule has 0 aliphatic heterocycles. The molecule has 0 amide bonds. The number of hydrogen-bond donors (Lipinski definition) is 0. The summed E-state index contributed by atoms with van der Waals surface area (Å²) in [5.74, 6) is 0.898. The van der Waals surface area contributed by atoms with Crippen molar-refractivity contribution >= 4 is 28.4 Å². The van der Waals surface area contributed by atoms with E-state index >= 15 is 0 Å². The molecule has 114 valence electrons. The normalized spacial score (nSPS) is 12.0. The maximum Gasteiger partial charge on any atom is 0.235 e. The fourth-order valence-electron chi connectivity index (χ4n) is 2.22. The second kappa shape index (κ2) is 6.81. The molecule has 0 atom stereocenters. The molecule has 0 saturated carbocycles. The van der Waals surface area contributed by atoms with E-state index in [1.165, 1.54) is 0 Å². The van der Waals surface area contributed by atoms with Crippen LogP contribution in [0.3, 0.4) is 0 Å². The first-order chi connectivity index (χ1) is 10.8. The average molecular weight is 313 g/mol. The van der Waals surface area contributed by atoms with Crippen LogP contribution in [0, 0.1) is 0 Å². The van der Waals surface area contributed by atoms with Crippen molar-refractivity contribution in [3.05, 3.63) is 46.7 Å². The van der Waals surface area contributed by atoms with Crippen molar-refractivity contribution in [3.8, 4) is 0 Å². The summed E-state index contributed by atoms with van der Waals surface area (Å²) in [6.07, 6.45) is 4.09. The highest BCUT2D eigenvalue weighted by atomic mass is 32.1. The number of aromatic nitrogens is 4. The first-order valence-corrected chi connectivity index (χ1v) is 8.28. The van der Waals surface area contributed by atoms with Gasteiger partial charge in [-0.05, 0) is 24.7 Å². The lowest BCUT2D eigenvalue weighted by molar-refractivity contribution is 0.286. The lowest BCUT2D eigenvalue weighted by Gasteiger charge is -2.15. The van der Waals surface area contributed by atoms with Crippen LogP contribution in [0.1, 0.15) is 30.2 Å². The Morgan fingerprint density at radius 3 is 2.59 bits per heavy atom. The first kappa shape index (κ1) is 14.9. The van der Waals surface area contributed by atoms with Crippen molar-refractivity contribution in [3.63, 3.8) is 0 Å². The zero-order chi connectivity index (χ0) is 15.4. The van der Waals surface area contributed by atoms with Crippen LogP contribution in [0.15, 0.2) is 30.3 Å². The summed E-state index contributed by atoms with van der Waals surface area (Å²) in [6, 6.07) is 10.2. The average Bonchev–Trinajstić information content (AvgIpc) is 3.12. The lowest BCUT2D eigenvalue weighted by Crippen LogP contribution is -2.23. The quantitative estimate of drug-likeness (QED) is 0.701. The van der Waals surface area contributed by atoms with Gasteiger partial charge < -0.3 is 0 Å². The van der Waals surface area contributed by atoms with E-state index in [1.807, 2.05) is 28.8 Å². The molecule has 0 spiro atoms. The van der Waals surface area contributed by atoms with Crippen LogP contribution < -0.4 is 0 Å². The number of rotatable bonds is 6. The highest BCUT2D eigenvalue weighted by molar-refractivity contribution is 7.17. The minimum Gasteiger partial charge on any atom is -0.296 e. The van der Waals surface area contributed by atoms with Gasteiger partial charge in [-0.3, -0.25) is 4.90 Å². The molecular formula is C16H19N5S. The fourth-order valence-corrected chi connectivity index (χ4v) is 2.98. The van der Waals surface area contributed by atoms with Gasteiger partial charge in [-0.25, -0.2) is 0 Å². The van der Waals surface area contributed by atoms with Crippen LogP contribution in [0.2, 0.25) is 0 Å². The maximum atomic E-state index is 4.61. The third-order valence-electron chi connectivity index (χ3n) is 3.55. The highest BCUT2D eigenvalue weighted by Gasteiger charge is 2.12. The number of fused-ring (bicyclic) bond motifs is 1. The number of nitrogens with zero attached hydrogens (tertiary/aromatic N) is 5. The van der Waals surface area contributed by atoms with Crippen molar-refractivity contribution in [1.82, 2.24) is 24.7 Å². The summed E-state index contributed by atoms with van der Waals surface area (Å²) >= 11 is 1.55. The van der Waals surface area contributed by atoms with E-state index < -0.39 is 0 Å². The Labute approximate surface area is 133 Å². The summed E-state index contributed by atoms with van der Waals surface area (Å²) in [7, 11) is 0. The van der Waals surface area contributed by atoms with Crippen LogP contribution in [0.4, 0.5) is 0 Å². The molecule has 6 heteroatoms. The van der Waals surface area contributed by atoms with Crippen LogP contribution in [0.25, 0.3) is 17.1 Å². The third kappa shape index (κ3) is 3.23. The molecule has 5 nitrogen and oxygen atoms in total. The summed E-state index contributed by atoms with van der Waals surface area (Å²) in [4.78, 5) is 3.14. The minimum absolute atomic E-state index is 0.778. The lowest BCUT2D eigenvalue weighted by atomic mass is 10.2. The van der Waals surface area contributed by atoms with Crippen LogP contribution in [0.5, 0.6) is 0 Å².